The minimum atomic E-state index is -3.34. The third kappa shape index (κ3) is 3.92. The first-order valence-corrected chi connectivity index (χ1v) is 9.70. The summed E-state index contributed by atoms with van der Waals surface area (Å²) >= 11 is 3.13. The number of hydrogen-bond acceptors (Lipinski definition) is 3. The minimum absolute atomic E-state index is 0.334. The molecule has 1 aromatic rings. The highest BCUT2D eigenvalue weighted by Gasteiger charge is 2.43. The number of carbonyl (C=O) groups excluding carboxylic acids is 1. The molecule has 2 rings (SSSR count). The maximum absolute atomic E-state index is 13.3. The molecule has 5 nitrogen and oxygen atoms in total. The quantitative estimate of drug-likeness (QED) is 0.784. The molecule has 0 atom stereocenters. The molecule has 8 heteroatoms. The Kier molecular flexibility index (Phi) is 5.48. The van der Waals surface area contributed by atoms with Crippen LogP contribution in [-0.4, -0.2) is 26.6 Å². The van der Waals surface area contributed by atoms with E-state index in [0.717, 1.165) is 5.56 Å². The predicted molar refractivity (Wildman–Crippen MR) is 89.7 cm³/mol. The van der Waals surface area contributed by atoms with E-state index in [4.69, 9.17) is 5.73 Å². The molecule has 0 saturated heterocycles. The molecule has 1 fully saturated rings. The largest absolute Gasteiger partial charge is 0.369 e. The van der Waals surface area contributed by atoms with Crippen LogP contribution in [-0.2, 0) is 21.2 Å². The summed E-state index contributed by atoms with van der Waals surface area (Å²) < 4.78 is 39.8. The molecule has 1 aliphatic carbocycles. The molecular weight excluding hydrogens is 387 g/mol. The summed E-state index contributed by atoms with van der Waals surface area (Å²) in [6.45, 7) is 0. The fourth-order valence-electron chi connectivity index (χ4n) is 3.17. The van der Waals surface area contributed by atoms with Gasteiger partial charge in [0.1, 0.15) is 5.82 Å². The van der Waals surface area contributed by atoms with Crippen LogP contribution in [0.25, 0.3) is 0 Å². The van der Waals surface area contributed by atoms with Crippen molar-refractivity contribution in [1.29, 1.82) is 0 Å². The van der Waals surface area contributed by atoms with Crippen molar-refractivity contribution in [2.24, 2.45) is 11.1 Å². The van der Waals surface area contributed by atoms with E-state index < -0.39 is 26.6 Å². The summed E-state index contributed by atoms with van der Waals surface area (Å²) in [6, 6.07) is 4.60. The molecule has 0 unspecified atom stereocenters. The van der Waals surface area contributed by atoms with Crippen LogP contribution in [0, 0.1) is 11.2 Å². The topological polar surface area (TPSA) is 89.3 Å². The molecule has 1 aliphatic rings. The molecule has 1 amide bonds. The lowest BCUT2D eigenvalue weighted by Crippen LogP contribution is -2.45. The second-order valence-electron chi connectivity index (χ2n) is 6.02. The molecule has 0 heterocycles. The number of primary amides is 1. The van der Waals surface area contributed by atoms with Crippen LogP contribution < -0.4 is 10.5 Å². The molecule has 0 radical (unpaired) electrons. The third-order valence-corrected chi connectivity index (χ3v) is 7.19. The Morgan fingerprint density at radius 1 is 1.43 bits per heavy atom. The zero-order valence-electron chi connectivity index (χ0n) is 12.8. The number of sulfonamides is 1. The molecule has 128 valence electrons. The number of halogens is 2. The SMILES string of the molecule is CNS(=O)(=O)C1CCC(Cc2ccc(F)c(Br)c2)(C(N)=O)CC1. The highest BCUT2D eigenvalue weighted by atomic mass is 79.9. The van der Waals surface area contributed by atoms with Gasteiger partial charge in [0.2, 0.25) is 15.9 Å². The lowest BCUT2D eigenvalue weighted by atomic mass is 9.69. The average molecular weight is 407 g/mol. The van der Waals surface area contributed by atoms with E-state index in [-0.39, 0.29) is 5.82 Å². The van der Waals surface area contributed by atoms with Crippen LogP contribution in [0.4, 0.5) is 4.39 Å². The molecule has 0 aliphatic heterocycles. The lowest BCUT2D eigenvalue weighted by Gasteiger charge is -2.37. The zero-order valence-corrected chi connectivity index (χ0v) is 15.2. The average Bonchev–Trinajstić information content (AvgIpc) is 2.51. The normalized spacial score (nSPS) is 25.3. The summed E-state index contributed by atoms with van der Waals surface area (Å²) in [4.78, 5) is 12.0. The van der Waals surface area contributed by atoms with E-state index >= 15 is 0 Å². The standard InChI is InChI=1S/C15H20BrFN2O3S/c1-19-23(21,22)11-4-6-15(7-5-11,14(18)20)9-10-2-3-13(17)12(16)8-10/h2-3,8,11,19H,4-7,9H2,1H3,(H2,18,20). The fraction of sp³-hybridized carbons (Fsp3) is 0.533. The van der Waals surface area contributed by atoms with Crippen molar-refractivity contribution in [2.45, 2.75) is 37.4 Å². The Labute approximate surface area is 144 Å². The van der Waals surface area contributed by atoms with E-state index in [1.807, 2.05) is 0 Å². The summed E-state index contributed by atoms with van der Waals surface area (Å²) in [5.41, 5.74) is 5.63. The van der Waals surface area contributed by atoms with Crippen molar-refractivity contribution in [1.82, 2.24) is 4.72 Å². The second-order valence-corrected chi connectivity index (χ2v) is 9.04. The Balaban J connectivity index is 2.19. The second kappa shape index (κ2) is 6.86. The Hall–Kier alpha value is -0.990. The highest BCUT2D eigenvalue weighted by Crippen LogP contribution is 2.41. The molecule has 1 saturated carbocycles. The van der Waals surface area contributed by atoms with E-state index in [1.54, 1.807) is 12.1 Å². The van der Waals surface area contributed by atoms with E-state index in [0.29, 0.717) is 36.6 Å². The van der Waals surface area contributed by atoms with Crippen molar-refractivity contribution in [2.75, 3.05) is 7.05 Å². The smallest absolute Gasteiger partial charge is 0.223 e. The van der Waals surface area contributed by atoms with Crippen molar-refractivity contribution in [3.05, 3.63) is 34.1 Å². The monoisotopic (exact) mass is 406 g/mol. The maximum atomic E-state index is 13.3. The summed E-state index contributed by atoms with van der Waals surface area (Å²) in [5.74, 6) is -0.802. The summed E-state index contributed by atoms with van der Waals surface area (Å²) in [7, 11) is -1.95. The van der Waals surface area contributed by atoms with Gasteiger partial charge in [0.25, 0.3) is 0 Å². The molecule has 0 aromatic heterocycles. The molecule has 0 spiro atoms. The molecule has 1 aromatic carbocycles. The first-order valence-electron chi connectivity index (χ1n) is 7.36. The van der Waals surface area contributed by atoms with Crippen LogP contribution in [0.5, 0.6) is 0 Å². The maximum Gasteiger partial charge on any atom is 0.223 e. The van der Waals surface area contributed by atoms with Gasteiger partial charge in [0.05, 0.1) is 15.1 Å². The van der Waals surface area contributed by atoms with Gasteiger partial charge in [0, 0.05) is 0 Å². The molecule has 23 heavy (non-hydrogen) atoms. The van der Waals surface area contributed by atoms with Gasteiger partial charge in [0.15, 0.2) is 0 Å². The number of nitrogens with one attached hydrogen (secondary N) is 1. The van der Waals surface area contributed by atoms with Crippen LogP contribution >= 0.6 is 15.9 Å². The van der Waals surface area contributed by atoms with Crippen molar-refractivity contribution in [3.8, 4) is 0 Å². The van der Waals surface area contributed by atoms with Crippen molar-refractivity contribution in [3.63, 3.8) is 0 Å². The Morgan fingerprint density at radius 3 is 2.52 bits per heavy atom. The molecular formula is C15H20BrFN2O3S. The third-order valence-electron chi connectivity index (χ3n) is 4.66. The van der Waals surface area contributed by atoms with E-state index in [2.05, 4.69) is 20.7 Å². The van der Waals surface area contributed by atoms with Crippen LogP contribution in [0.3, 0.4) is 0 Å². The minimum Gasteiger partial charge on any atom is -0.369 e. The Morgan fingerprint density at radius 2 is 2.04 bits per heavy atom. The number of carbonyl (C=O) groups is 1. The van der Waals surface area contributed by atoms with Crippen LogP contribution in [0.1, 0.15) is 31.2 Å². The van der Waals surface area contributed by atoms with E-state index in [9.17, 15) is 17.6 Å². The number of hydrogen-bond donors (Lipinski definition) is 2. The van der Waals surface area contributed by atoms with Gasteiger partial charge in [-0.25, -0.2) is 17.5 Å². The lowest BCUT2D eigenvalue weighted by molar-refractivity contribution is -0.129. The number of nitrogens with two attached hydrogens (primary N) is 1. The van der Waals surface area contributed by atoms with Gasteiger partial charge in [-0.1, -0.05) is 6.07 Å². The highest BCUT2D eigenvalue weighted by molar-refractivity contribution is 9.10. The van der Waals surface area contributed by atoms with Gasteiger partial charge in [-0.2, -0.15) is 0 Å². The van der Waals surface area contributed by atoms with Crippen molar-refractivity contribution < 1.29 is 17.6 Å². The van der Waals surface area contributed by atoms with Gasteiger partial charge >= 0.3 is 0 Å². The first kappa shape index (κ1) is 18.4. The van der Waals surface area contributed by atoms with Crippen molar-refractivity contribution >= 4 is 31.9 Å². The van der Waals surface area contributed by atoms with Crippen LogP contribution in [0.2, 0.25) is 0 Å². The number of benzene rings is 1. The molecule has 0 bridgehead atoms. The Bertz CT molecular complexity index is 701. The number of amides is 1. The summed E-state index contributed by atoms with van der Waals surface area (Å²) in [6.07, 6.45) is 1.96. The van der Waals surface area contributed by atoms with Gasteiger partial charge in [-0.15, -0.1) is 0 Å². The zero-order chi connectivity index (χ0) is 17.3. The predicted octanol–water partition coefficient (Wildman–Crippen LogP) is 2.09. The van der Waals surface area contributed by atoms with Gasteiger partial charge in [-0.3, -0.25) is 4.79 Å². The fourth-order valence-corrected chi connectivity index (χ4v) is 4.79. The summed E-state index contributed by atoms with van der Waals surface area (Å²) in [5, 5.41) is -0.500. The first-order chi connectivity index (χ1) is 10.7. The number of rotatable bonds is 5. The van der Waals surface area contributed by atoms with E-state index in [1.165, 1.54) is 13.1 Å². The van der Waals surface area contributed by atoms with Gasteiger partial charge < -0.3 is 5.73 Å². The molecule has 3 N–H and O–H groups in total. The van der Waals surface area contributed by atoms with Crippen LogP contribution in [0.15, 0.2) is 22.7 Å². The van der Waals surface area contributed by atoms with Gasteiger partial charge in [-0.05, 0) is 72.8 Å².